The molecule has 0 unspecified atom stereocenters. The van der Waals surface area contributed by atoms with Crippen molar-refractivity contribution in [2.24, 2.45) is 0 Å². The highest BCUT2D eigenvalue weighted by Crippen LogP contribution is 2.39. The molecule has 0 saturated heterocycles. The van der Waals surface area contributed by atoms with E-state index in [1.54, 1.807) is 31.2 Å². The summed E-state index contributed by atoms with van der Waals surface area (Å²) >= 11 is 0. The van der Waals surface area contributed by atoms with Gasteiger partial charge in [0.2, 0.25) is 11.8 Å². The maximum atomic E-state index is 13.6. The van der Waals surface area contributed by atoms with Gasteiger partial charge in [-0.1, -0.05) is 6.07 Å². The molecule has 4 aromatic rings. The summed E-state index contributed by atoms with van der Waals surface area (Å²) in [6, 6.07) is 13.1. The minimum absolute atomic E-state index is 0.0210. The molecule has 1 aromatic carbocycles. The summed E-state index contributed by atoms with van der Waals surface area (Å²) in [6.07, 6.45) is -2.83. The summed E-state index contributed by atoms with van der Waals surface area (Å²) in [5, 5.41) is 9.54. The summed E-state index contributed by atoms with van der Waals surface area (Å²) in [7, 11) is 0. The average Bonchev–Trinajstić information content (AvgIpc) is 2.87. The lowest BCUT2D eigenvalue weighted by molar-refractivity contribution is -0.142. The predicted molar refractivity (Wildman–Crippen MR) is 134 cm³/mol. The number of benzene rings is 1. The van der Waals surface area contributed by atoms with Gasteiger partial charge in [0.05, 0.1) is 22.6 Å². The third kappa shape index (κ3) is 5.56. The molecule has 0 fully saturated rings. The van der Waals surface area contributed by atoms with Crippen molar-refractivity contribution in [3.8, 4) is 28.3 Å². The van der Waals surface area contributed by atoms with Crippen molar-refractivity contribution in [1.29, 1.82) is 0 Å². The molecule has 3 heterocycles. The number of anilines is 1. The summed E-state index contributed by atoms with van der Waals surface area (Å²) in [6.45, 7) is 4.51. The Morgan fingerprint density at radius 2 is 1.74 bits per heavy atom. The Hall–Kier alpha value is -4.54. The van der Waals surface area contributed by atoms with Crippen LogP contribution in [0, 0.1) is 12.7 Å². The van der Waals surface area contributed by atoms with Crippen molar-refractivity contribution in [3.63, 3.8) is 0 Å². The van der Waals surface area contributed by atoms with E-state index < -0.39 is 29.3 Å². The second-order valence-corrected chi connectivity index (χ2v) is 9.07. The molecule has 0 aliphatic heterocycles. The summed E-state index contributed by atoms with van der Waals surface area (Å²) < 4.78 is 46.8. The number of ether oxygens (including phenoxy) is 1. The zero-order valence-electron chi connectivity index (χ0n) is 20.7. The van der Waals surface area contributed by atoms with E-state index in [0.29, 0.717) is 28.2 Å². The maximum Gasteiger partial charge on any atom is 0.315 e. The third-order valence-electron chi connectivity index (χ3n) is 5.83. The number of aryl methyl sites for hydroxylation is 1. The molecule has 196 valence electrons. The average molecular weight is 524 g/mol. The van der Waals surface area contributed by atoms with Gasteiger partial charge < -0.3 is 15.6 Å². The Bertz CT molecular complexity index is 1490. The number of carboxylic acid groups (broad SMARTS) is 1. The molecule has 11 heteroatoms. The van der Waals surface area contributed by atoms with Crippen molar-refractivity contribution in [2.45, 2.75) is 39.2 Å². The van der Waals surface area contributed by atoms with E-state index in [9.17, 15) is 23.1 Å². The fourth-order valence-corrected chi connectivity index (χ4v) is 3.75. The van der Waals surface area contributed by atoms with E-state index >= 15 is 0 Å². The number of nitrogens with zero attached hydrogens (tertiary/aromatic N) is 4. The molecule has 0 amide bonds. The van der Waals surface area contributed by atoms with Crippen LogP contribution < -0.4 is 10.5 Å². The Morgan fingerprint density at radius 3 is 2.39 bits per heavy atom. The van der Waals surface area contributed by atoms with Crippen LogP contribution in [0.25, 0.3) is 22.4 Å². The zero-order chi connectivity index (χ0) is 27.6. The largest absolute Gasteiger partial charge is 0.481 e. The van der Waals surface area contributed by atoms with Crippen molar-refractivity contribution in [1.82, 2.24) is 19.9 Å². The third-order valence-corrected chi connectivity index (χ3v) is 5.83. The van der Waals surface area contributed by atoms with Crippen LogP contribution in [0.3, 0.4) is 0 Å². The van der Waals surface area contributed by atoms with E-state index in [-0.39, 0.29) is 29.7 Å². The smallest absolute Gasteiger partial charge is 0.315 e. The van der Waals surface area contributed by atoms with Gasteiger partial charge in [0, 0.05) is 11.3 Å². The molecule has 0 atom stereocenters. The van der Waals surface area contributed by atoms with E-state index in [1.807, 2.05) is 0 Å². The Kier molecular flexibility index (Phi) is 7.29. The number of aromatic nitrogens is 4. The number of halogens is 3. The van der Waals surface area contributed by atoms with Gasteiger partial charge in [-0.25, -0.2) is 18.2 Å². The zero-order valence-corrected chi connectivity index (χ0v) is 20.7. The SMILES string of the molecule is Cc1cc(-c2c(OCc3cccc(C(C)(C)C(=O)O)n3)nc(N)nc2-c2ccc(F)cc2)cc(C(F)F)n1. The summed E-state index contributed by atoms with van der Waals surface area (Å²) in [5.41, 5.74) is 6.60. The van der Waals surface area contributed by atoms with Gasteiger partial charge >= 0.3 is 5.97 Å². The standard InChI is InChI=1S/C27H24F3N5O3/c1-14-11-16(12-19(32-14)23(29)30)21-22(15-7-9-17(28)10-8-15)34-26(31)35-24(21)38-13-18-5-4-6-20(33-18)27(2,3)25(36)37/h4-12,23H,13H2,1-3H3,(H,36,37)(H2,31,34,35). The number of hydrogen-bond donors (Lipinski definition) is 2. The fraction of sp³-hybridized carbons (Fsp3) is 0.222. The van der Waals surface area contributed by atoms with Crippen molar-refractivity contribution >= 4 is 11.9 Å². The second-order valence-electron chi connectivity index (χ2n) is 9.07. The molecule has 3 N–H and O–H groups in total. The Balaban J connectivity index is 1.84. The molecular weight excluding hydrogens is 499 g/mol. The van der Waals surface area contributed by atoms with Crippen LogP contribution in [0.2, 0.25) is 0 Å². The second kappa shape index (κ2) is 10.4. The molecule has 0 spiro atoms. The van der Waals surface area contributed by atoms with Crippen LogP contribution in [0.5, 0.6) is 5.88 Å². The minimum Gasteiger partial charge on any atom is -0.481 e. The summed E-state index contributed by atoms with van der Waals surface area (Å²) in [4.78, 5) is 28.5. The highest BCUT2D eigenvalue weighted by molar-refractivity contribution is 5.85. The first-order chi connectivity index (χ1) is 18.0. The van der Waals surface area contributed by atoms with Crippen molar-refractivity contribution < 1.29 is 27.8 Å². The number of nitrogens with two attached hydrogens (primary N) is 1. The number of alkyl halides is 2. The van der Waals surface area contributed by atoms with Gasteiger partial charge in [-0.2, -0.15) is 4.98 Å². The number of carboxylic acids is 1. The van der Waals surface area contributed by atoms with Gasteiger partial charge in [0.25, 0.3) is 6.43 Å². The quantitative estimate of drug-likeness (QED) is 0.310. The predicted octanol–water partition coefficient (Wildman–Crippen LogP) is 5.51. The molecular formula is C27H24F3N5O3. The number of pyridine rings is 2. The Morgan fingerprint density at radius 1 is 1.03 bits per heavy atom. The number of rotatable bonds is 8. The number of hydrogen-bond acceptors (Lipinski definition) is 7. The molecule has 0 aliphatic carbocycles. The molecule has 38 heavy (non-hydrogen) atoms. The maximum absolute atomic E-state index is 13.6. The molecule has 0 bridgehead atoms. The number of aliphatic carboxylic acids is 1. The summed E-state index contributed by atoms with van der Waals surface area (Å²) in [5.74, 6) is -1.69. The first-order valence-corrected chi connectivity index (χ1v) is 11.5. The van der Waals surface area contributed by atoms with Crippen LogP contribution in [0.1, 0.15) is 43.0 Å². The first-order valence-electron chi connectivity index (χ1n) is 11.5. The molecule has 4 rings (SSSR count). The van der Waals surface area contributed by atoms with Gasteiger partial charge in [-0.15, -0.1) is 0 Å². The van der Waals surface area contributed by atoms with Gasteiger partial charge in [0.1, 0.15) is 23.5 Å². The Labute approximate surface area is 216 Å². The van der Waals surface area contributed by atoms with Crippen LogP contribution in [-0.2, 0) is 16.8 Å². The highest BCUT2D eigenvalue weighted by atomic mass is 19.3. The highest BCUT2D eigenvalue weighted by Gasteiger charge is 2.31. The fourth-order valence-electron chi connectivity index (χ4n) is 3.75. The normalized spacial score (nSPS) is 11.6. The van der Waals surface area contributed by atoms with Gasteiger partial charge in [-0.05, 0) is 74.9 Å². The first kappa shape index (κ1) is 26.5. The molecule has 8 nitrogen and oxygen atoms in total. The van der Waals surface area contributed by atoms with Crippen LogP contribution in [0.4, 0.5) is 19.1 Å². The minimum atomic E-state index is -2.83. The van der Waals surface area contributed by atoms with E-state index in [4.69, 9.17) is 10.5 Å². The molecule has 0 saturated carbocycles. The van der Waals surface area contributed by atoms with Crippen LogP contribution in [-0.4, -0.2) is 31.0 Å². The van der Waals surface area contributed by atoms with E-state index in [0.717, 1.165) is 0 Å². The van der Waals surface area contributed by atoms with Crippen LogP contribution >= 0.6 is 0 Å². The lowest BCUT2D eigenvalue weighted by atomic mass is 9.89. The van der Waals surface area contributed by atoms with Gasteiger partial charge in [0.15, 0.2) is 0 Å². The van der Waals surface area contributed by atoms with E-state index in [2.05, 4.69) is 19.9 Å². The van der Waals surface area contributed by atoms with Crippen LogP contribution in [0.15, 0.2) is 54.6 Å². The number of carbonyl (C=O) groups is 1. The number of nitrogen functional groups attached to an aromatic ring is 1. The molecule has 3 aromatic heterocycles. The van der Waals surface area contributed by atoms with Crippen molar-refractivity contribution in [2.75, 3.05) is 5.73 Å². The lowest BCUT2D eigenvalue weighted by Crippen LogP contribution is -2.30. The monoisotopic (exact) mass is 523 g/mol. The van der Waals surface area contributed by atoms with Gasteiger partial charge in [-0.3, -0.25) is 14.8 Å². The molecule has 0 radical (unpaired) electrons. The van der Waals surface area contributed by atoms with E-state index in [1.165, 1.54) is 44.2 Å². The lowest BCUT2D eigenvalue weighted by Gasteiger charge is -2.19. The van der Waals surface area contributed by atoms with Crippen molar-refractivity contribution in [3.05, 3.63) is 83.2 Å². The molecule has 0 aliphatic rings. The topological polar surface area (TPSA) is 124 Å².